The van der Waals surface area contributed by atoms with Gasteiger partial charge in [-0.3, -0.25) is 0 Å². The molecule has 94 valence electrons. The van der Waals surface area contributed by atoms with Gasteiger partial charge in [-0.1, -0.05) is 12.1 Å². The van der Waals surface area contributed by atoms with Crippen LogP contribution in [0.5, 0.6) is 5.75 Å². The first kappa shape index (κ1) is 12.6. The van der Waals surface area contributed by atoms with Gasteiger partial charge in [0.15, 0.2) is 0 Å². The fourth-order valence-electron chi connectivity index (χ4n) is 1.49. The van der Waals surface area contributed by atoms with Crippen LogP contribution in [-0.2, 0) is 11.3 Å². The van der Waals surface area contributed by atoms with Crippen molar-refractivity contribution in [1.29, 1.82) is 0 Å². The predicted octanol–water partition coefficient (Wildman–Crippen LogP) is 2.82. The minimum Gasteiger partial charge on any atom is -0.496 e. The second kappa shape index (κ2) is 5.64. The maximum atomic E-state index is 11.9. The highest BCUT2D eigenvalue weighted by Gasteiger charge is 2.13. The standard InChI is InChI=1S/C13H13NO3S/c1-9-8-18-12(14-9)7-17-13(15)10-5-3-4-6-11(10)16-2/h3-6,8H,7H2,1-2H3. The number of aromatic nitrogens is 1. The van der Waals surface area contributed by atoms with Crippen molar-refractivity contribution in [1.82, 2.24) is 4.98 Å². The first-order chi connectivity index (χ1) is 8.70. The van der Waals surface area contributed by atoms with Crippen molar-refractivity contribution in [3.05, 3.63) is 45.9 Å². The SMILES string of the molecule is COc1ccccc1C(=O)OCc1nc(C)cs1. The number of para-hydroxylation sites is 1. The minimum atomic E-state index is -0.402. The number of benzene rings is 1. The van der Waals surface area contributed by atoms with Gasteiger partial charge in [-0.15, -0.1) is 11.3 Å². The molecule has 0 N–H and O–H groups in total. The molecule has 1 aromatic heterocycles. The number of carbonyl (C=O) groups is 1. The Morgan fingerprint density at radius 2 is 2.17 bits per heavy atom. The van der Waals surface area contributed by atoms with Crippen molar-refractivity contribution in [2.24, 2.45) is 0 Å². The van der Waals surface area contributed by atoms with Crippen molar-refractivity contribution < 1.29 is 14.3 Å². The van der Waals surface area contributed by atoms with Gasteiger partial charge in [0, 0.05) is 11.1 Å². The third kappa shape index (κ3) is 2.87. The van der Waals surface area contributed by atoms with E-state index in [1.165, 1.54) is 18.4 Å². The van der Waals surface area contributed by atoms with E-state index in [4.69, 9.17) is 9.47 Å². The summed E-state index contributed by atoms with van der Waals surface area (Å²) in [5.41, 5.74) is 1.36. The number of nitrogens with zero attached hydrogens (tertiary/aromatic N) is 1. The Balaban J connectivity index is 2.03. The molecule has 1 heterocycles. The molecule has 5 heteroatoms. The molecule has 0 saturated carbocycles. The lowest BCUT2D eigenvalue weighted by Crippen LogP contribution is -2.06. The van der Waals surface area contributed by atoms with Crippen LogP contribution in [0.2, 0.25) is 0 Å². The molecule has 4 nitrogen and oxygen atoms in total. The summed E-state index contributed by atoms with van der Waals surface area (Å²) in [6.45, 7) is 2.09. The second-order valence-corrected chi connectivity index (χ2v) is 4.60. The number of thiazole rings is 1. The van der Waals surface area contributed by atoms with Crippen LogP contribution < -0.4 is 4.74 Å². The zero-order valence-electron chi connectivity index (χ0n) is 10.2. The van der Waals surface area contributed by atoms with Gasteiger partial charge in [0.1, 0.15) is 22.9 Å². The third-order valence-electron chi connectivity index (χ3n) is 2.32. The van der Waals surface area contributed by atoms with Gasteiger partial charge >= 0.3 is 5.97 Å². The molecule has 0 aliphatic carbocycles. The Morgan fingerprint density at radius 1 is 1.39 bits per heavy atom. The van der Waals surface area contributed by atoms with Crippen LogP contribution in [0.15, 0.2) is 29.6 Å². The third-order valence-corrected chi connectivity index (χ3v) is 3.26. The van der Waals surface area contributed by atoms with Crippen LogP contribution in [-0.4, -0.2) is 18.1 Å². The number of hydrogen-bond acceptors (Lipinski definition) is 5. The number of aryl methyl sites for hydroxylation is 1. The Morgan fingerprint density at radius 3 is 2.83 bits per heavy atom. The summed E-state index contributed by atoms with van der Waals surface area (Å²) in [7, 11) is 1.52. The van der Waals surface area contributed by atoms with E-state index in [2.05, 4.69) is 4.98 Å². The summed E-state index contributed by atoms with van der Waals surface area (Å²) < 4.78 is 10.3. The Bertz CT molecular complexity index is 551. The van der Waals surface area contributed by atoms with E-state index < -0.39 is 5.97 Å². The number of methoxy groups -OCH3 is 1. The fourth-order valence-corrected chi connectivity index (χ4v) is 2.17. The number of esters is 1. The lowest BCUT2D eigenvalue weighted by Gasteiger charge is -2.07. The number of carbonyl (C=O) groups excluding carboxylic acids is 1. The smallest absolute Gasteiger partial charge is 0.342 e. The summed E-state index contributed by atoms with van der Waals surface area (Å²) in [6, 6.07) is 6.98. The van der Waals surface area contributed by atoms with Gasteiger partial charge < -0.3 is 9.47 Å². The quantitative estimate of drug-likeness (QED) is 0.796. The maximum absolute atomic E-state index is 11.9. The summed E-state index contributed by atoms with van der Waals surface area (Å²) in [4.78, 5) is 16.1. The summed E-state index contributed by atoms with van der Waals surface area (Å²) >= 11 is 1.48. The van der Waals surface area contributed by atoms with E-state index in [0.717, 1.165) is 10.7 Å². The molecule has 0 unspecified atom stereocenters. The maximum Gasteiger partial charge on any atom is 0.342 e. The molecule has 1 aromatic carbocycles. The summed E-state index contributed by atoms with van der Waals surface area (Å²) in [5.74, 6) is 0.109. The Hall–Kier alpha value is -1.88. The van der Waals surface area contributed by atoms with Gasteiger partial charge in [-0.25, -0.2) is 9.78 Å². The van der Waals surface area contributed by atoms with Crippen molar-refractivity contribution in [3.8, 4) is 5.75 Å². The van der Waals surface area contributed by atoms with Crippen molar-refractivity contribution >= 4 is 17.3 Å². The van der Waals surface area contributed by atoms with Crippen LogP contribution in [0, 0.1) is 6.92 Å². The van der Waals surface area contributed by atoms with Crippen molar-refractivity contribution in [2.45, 2.75) is 13.5 Å². The molecule has 0 saturated heterocycles. The minimum absolute atomic E-state index is 0.190. The fraction of sp³-hybridized carbons (Fsp3) is 0.231. The first-order valence-electron chi connectivity index (χ1n) is 5.42. The van der Waals surface area contributed by atoms with Crippen LogP contribution >= 0.6 is 11.3 Å². The molecule has 0 atom stereocenters. The molecule has 18 heavy (non-hydrogen) atoms. The summed E-state index contributed by atoms with van der Waals surface area (Å²) in [5, 5.41) is 2.71. The van der Waals surface area contributed by atoms with Crippen LogP contribution in [0.3, 0.4) is 0 Å². The Labute approximate surface area is 109 Å². The summed E-state index contributed by atoms with van der Waals surface area (Å²) in [6.07, 6.45) is 0. The van der Waals surface area contributed by atoms with E-state index in [-0.39, 0.29) is 6.61 Å². The van der Waals surface area contributed by atoms with E-state index in [1.54, 1.807) is 24.3 Å². The van der Waals surface area contributed by atoms with Gasteiger partial charge in [0.2, 0.25) is 0 Å². The average Bonchev–Trinajstić information content (AvgIpc) is 2.81. The monoisotopic (exact) mass is 263 g/mol. The molecular weight excluding hydrogens is 250 g/mol. The Kier molecular flexibility index (Phi) is 3.94. The van der Waals surface area contributed by atoms with Crippen LogP contribution in [0.25, 0.3) is 0 Å². The number of hydrogen-bond donors (Lipinski definition) is 0. The normalized spacial score (nSPS) is 10.1. The predicted molar refractivity (Wildman–Crippen MR) is 69.0 cm³/mol. The van der Waals surface area contributed by atoms with E-state index in [0.29, 0.717) is 11.3 Å². The number of rotatable bonds is 4. The molecule has 2 aromatic rings. The molecule has 0 amide bonds. The van der Waals surface area contributed by atoms with Gasteiger partial charge in [-0.05, 0) is 19.1 Å². The molecule has 2 rings (SSSR count). The molecule has 0 bridgehead atoms. The van der Waals surface area contributed by atoms with Gasteiger partial charge in [0.25, 0.3) is 0 Å². The van der Waals surface area contributed by atoms with E-state index in [9.17, 15) is 4.79 Å². The van der Waals surface area contributed by atoms with Crippen LogP contribution in [0.4, 0.5) is 0 Å². The molecule has 0 radical (unpaired) electrons. The molecule has 0 aliphatic rings. The lowest BCUT2D eigenvalue weighted by molar-refractivity contribution is 0.0468. The average molecular weight is 263 g/mol. The first-order valence-corrected chi connectivity index (χ1v) is 6.30. The lowest BCUT2D eigenvalue weighted by atomic mass is 10.2. The zero-order chi connectivity index (χ0) is 13.0. The number of ether oxygens (including phenoxy) is 2. The highest BCUT2D eigenvalue weighted by atomic mass is 32.1. The molecule has 0 fully saturated rings. The van der Waals surface area contributed by atoms with Gasteiger partial charge in [-0.2, -0.15) is 0 Å². The van der Waals surface area contributed by atoms with Gasteiger partial charge in [0.05, 0.1) is 7.11 Å². The topological polar surface area (TPSA) is 48.4 Å². The van der Waals surface area contributed by atoms with Crippen molar-refractivity contribution in [2.75, 3.05) is 7.11 Å². The highest BCUT2D eigenvalue weighted by molar-refractivity contribution is 7.09. The second-order valence-electron chi connectivity index (χ2n) is 3.66. The molecular formula is C13H13NO3S. The zero-order valence-corrected chi connectivity index (χ0v) is 11.0. The largest absolute Gasteiger partial charge is 0.496 e. The molecule has 0 spiro atoms. The van der Waals surface area contributed by atoms with Crippen LogP contribution in [0.1, 0.15) is 21.1 Å². The van der Waals surface area contributed by atoms with E-state index >= 15 is 0 Å². The highest BCUT2D eigenvalue weighted by Crippen LogP contribution is 2.19. The molecule has 0 aliphatic heterocycles. The van der Waals surface area contributed by atoms with E-state index in [1.807, 2.05) is 12.3 Å². The van der Waals surface area contributed by atoms with Crippen molar-refractivity contribution in [3.63, 3.8) is 0 Å².